The summed E-state index contributed by atoms with van der Waals surface area (Å²) in [6.07, 6.45) is 9.42. The fourth-order valence-electron chi connectivity index (χ4n) is 9.14. The van der Waals surface area contributed by atoms with Crippen LogP contribution >= 0.6 is 11.6 Å². The first-order valence-electron chi connectivity index (χ1n) is 18.8. The van der Waals surface area contributed by atoms with E-state index in [-0.39, 0.29) is 41.8 Å². The number of Topliss-reactive ketones (excluding diaryl/α,β-unsaturated/α-hetero) is 1. The fraction of sp³-hybridized carbons (Fsp3) is 0.571. The van der Waals surface area contributed by atoms with Crippen LogP contribution in [0.2, 0.25) is 5.02 Å². The van der Waals surface area contributed by atoms with Gasteiger partial charge < -0.3 is 19.1 Å². The smallest absolute Gasteiger partial charge is 0.311 e. The van der Waals surface area contributed by atoms with E-state index in [2.05, 4.69) is 27.6 Å². The molecule has 7 atom stereocenters. The van der Waals surface area contributed by atoms with Gasteiger partial charge in [-0.2, -0.15) is 0 Å². The lowest BCUT2D eigenvalue weighted by Gasteiger charge is -2.50. The van der Waals surface area contributed by atoms with Gasteiger partial charge in [0.15, 0.2) is 0 Å². The molecule has 53 heavy (non-hydrogen) atoms. The van der Waals surface area contributed by atoms with E-state index in [9.17, 15) is 18.6 Å². The van der Waals surface area contributed by atoms with E-state index in [4.69, 9.17) is 25.8 Å². The Kier molecular flexibility index (Phi) is 11.2. The van der Waals surface area contributed by atoms with Crippen molar-refractivity contribution < 1.29 is 32.8 Å². The van der Waals surface area contributed by atoms with Gasteiger partial charge in [-0.25, -0.2) is 4.21 Å². The molecule has 11 heteroatoms. The number of methoxy groups -OCH3 is 2. The molecule has 288 valence electrons. The van der Waals surface area contributed by atoms with Gasteiger partial charge in [-0.1, -0.05) is 36.7 Å². The predicted octanol–water partition coefficient (Wildman–Crippen LogP) is 7.12. The van der Waals surface area contributed by atoms with E-state index in [1.807, 2.05) is 44.2 Å². The summed E-state index contributed by atoms with van der Waals surface area (Å²) < 4.78 is 34.9. The number of anilines is 1. The Morgan fingerprint density at radius 3 is 2.62 bits per heavy atom. The number of esters is 1. The van der Waals surface area contributed by atoms with Crippen LogP contribution < -0.4 is 14.4 Å². The maximum atomic E-state index is 14.0. The number of ketones is 1. The summed E-state index contributed by atoms with van der Waals surface area (Å²) in [4.78, 5) is 42.6. The van der Waals surface area contributed by atoms with Gasteiger partial charge in [-0.3, -0.25) is 19.1 Å². The van der Waals surface area contributed by atoms with Gasteiger partial charge in [0.1, 0.15) is 11.5 Å². The van der Waals surface area contributed by atoms with Gasteiger partial charge >= 0.3 is 5.97 Å². The second kappa shape index (κ2) is 15.1. The highest BCUT2D eigenvalue weighted by Crippen LogP contribution is 2.50. The van der Waals surface area contributed by atoms with Gasteiger partial charge in [0.05, 0.1) is 40.1 Å². The molecule has 4 aliphatic rings. The van der Waals surface area contributed by atoms with Crippen molar-refractivity contribution in [3.63, 3.8) is 0 Å². The van der Waals surface area contributed by atoms with Crippen molar-refractivity contribution in [2.45, 2.75) is 95.3 Å². The third-order valence-corrected chi connectivity index (χ3v) is 15.0. The second-order valence-corrected chi connectivity index (χ2v) is 19.5. The molecule has 1 unspecified atom stereocenters. The molecule has 1 N–H and O–H groups in total. The van der Waals surface area contributed by atoms with Crippen molar-refractivity contribution in [3.05, 3.63) is 70.3 Å². The highest BCUT2D eigenvalue weighted by Gasteiger charge is 2.50. The Labute approximate surface area is 320 Å². The summed E-state index contributed by atoms with van der Waals surface area (Å²) in [5.41, 5.74) is 1.45. The number of nitrogens with one attached hydrogen (secondary N) is 1. The molecule has 1 fully saturated rings. The molecule has 0 aromatic heterocycles. The van der Waals surface area contributed by atoms with Gasteiger partial charge in [0, 0.05) is 54.3 Å². The molecule has 1 spiro atoms. The van der Waals surface area contributed by atoms with E-state index in [1.54, 1.807) is 27.0 Å². The number of hydrogen-bond acceptors (Lipinski definition) is 8. The van der Waals surface area contributed by atoms with E-state index in [0.29, 0.717) is 37.4 Å². The van der Waals surface area contributed by atoms with Crippen LogP contribution in [0.15, 0.2) is 48.6 Å². The number of aryl methyl sites for hydroxylation is 1. The number of carbonyl (C=O) groups is 3. The summed E-state index contributed by atoms with van der Waals surface area (Å²) in [6.45, 7) is 9.09. The second-order valence-electron chi connectivity index (χ2n) is 16.6. The van der Waals surface area contributed by atoms with Crippen LogP contribution in [0.3, 0.4) is 0 Å². The lowest BCUT2D eigenvalue weighted by atomic mass is 9.62. The van der Waals surface area contributed by atoms with Crippen molar-refractivity contribution in [2.24, 2.45) is 23.2 Å². The first-order chi connectivity index (χ1) is 25.0. The summed E-state index contributed by atoms with van der Waals surface area (Å²) >= 11 is 6.48. The molecule has 9 nitrogen and oxygen atoms in total. The minimum atomic E-state index is -3.05. The number of ether oxygens (including phenoxy) is 3. The number of amides is 1. The molecule has 2 aromatic rings. The van der Waals surface area contributed by atoms with Gasteiger partial charge in [0.25, 0.3) is 5.91 Å². The largest absolute Gasteiger partial charge is 0.490 e. The summed E-state index contributed by atoms with van der Waals surface area (Å²) in [7, 11) is -0.0397. The monoisotopic (exact) mass is 766 g/mol. The third-order valence-electron chi connectivity index (χ3n) is 12.6. The normalized spacial score (nSPS) is 32.2. The number of benzene rings is 2. The van der Waals surface area contributed by atoms with Crippen molar-refractivity contribution in [1.29, 1.82) is 0 Å². The quantitative estimate of drug-likeness (QED) is 0.188. The zero-order valence-corrected chi connectivity index (χ0v) is 33.6. The van der Waals surface area contributed by atoms with E-state index < -0.39 is 37.9 Å². The molecule has 2 aromatic carbocycles. The zero-order valence-electron chi connectivity index (χ0n) is 32.0. The molecule has 2 aliphatic carbocycles. The number of halogens is 1. The maximum Gasteiger partial charge on any atom is 0.311 e. The average Bonchev–Trinajstić information content (AvgIpc) is 3.24. The lowest BCUT2D eigenvalue weighted by molar-refractivity contribution is -0.154. The van der Waals surface area contributed by atoms with Crippen LogP contribution in [0, 0.1) is 23.2 Å². The fourth-order valence-corrected chi connectivity index (χ4v) is 10.8. The Morgan fingerprint density at radius 2 is 1.92 bits per heavy atom. The number of fused-ring (bicyclic) bond motifs is 4. The summed E-state index contributed by atoms with van der Waals surface area (Å²) in [5.74, 6) is 3.80. The summed E-state index contributed by atoms with van der Waals surface area (Å²) in [5, 5.41) is 0.274. The maximum absolute atomic E-state index is 14.0. The van der Waals surface area contributed by atoms with E-state index in [0.717, 1.165) is 42.8 Å². The first kappa shape index (κ1) is 39.4. The van der Waals surface area contributed by atoms with Crippen molar-refractivity contribution in [2.75, 3.05) is 38.8 Å². The molecule has 2 bridgehead atoms. The molecule has 0 radical (unpaired) electrons. The molecular formula is C42H55ClN2O7S. The molecule has 1 amide bonds. The Morgan fingerprint density at radius 1 is 1.15 bits per heavy atom. The molecule has 2 heterocycles. The first-order valence-corrected chi connectivity index (χ1v) is 21.0. The minimum absolute atomic E-state index is 0.000795. The number of allylic oxidation sites excluding steroid dienone is 1. The zero-order chi connectivity index (χ0) is 38.3. The number of carbonyl (C=O) groups excluding carboxylic acids is 3. The van der Waals surface area contributed by atoms with Crippen LogP contribution in [0.4, 0.5) is 5.69 Å². The summed E-state index contributed by atoms with van der Waals surface area (Å²) in [6, 6.07) is 11.6. The molecule has 6 rings (SSSR count). The van der Waals surface area contributed by atoms with Crippen molar-refractivity contribution in [1.82, 2.24) is 4.72 Å². The van der Waals surface area contributed by atoms with Gasteiger partial charge in [0.2, 0.25) is 0 Å². The average molecular weight is 767 g/mol. The molecule has 1 saturated carbocycles. The van der Waals surface area contributed by atoms with E-state index >= 15 is 0 Å². The van der Waals surface area contributed by atoms with Crippen molar-refractivity contribution >= 4 is 50.5 Å². The van der Waals surface area contributed by atoms with E-state index in [1.165, 1.54) is 18.2 Å². The van der Waals surface area contributed by atoms with Crippen LogP contribution in [-0.4, -0.2) is 72.5 Å². The minimum Gasteiger partial charge on any atom is -0.490 e. The van der Waals surface area contributed by atoms with Crippen LogP contribution in [0.5, 0.6) is 5.75 Å². The Balaban J connectivity index is 1.44. The Hall–Kier alpha value is -3.34. The molecule has 2 aliphatic heterocycles. The standard InChI is InChI=1S/C42H55ClN2O7S/c1-27-10-8-19-42(51-6,23-33(46)22-40(3,4)39(48)50-5)35-15-12-31(35)24-45-25-41(18-9-11-29-20-32(43)14-16-34(29)41)26-52-37-17-13-30(21-36(37)45)38(47)44-53(7,49)28(27)2/h8,13-14,16-17,19-21,27-28,31,35H,7,9-12,15,18,22-26H2,1-6H3,(H,44,47,49)/b19-8+/t27-,28+,31-,35+,41-,42+,53?/m0/s1. The number of hydrogen-bond donors (Lipinski definition) is 1. The number of nitrogens with zero attached hydrogens (tertiary/aromatic N) is 1. The molecule has 0 saturated heterocycles. The molecular weight excluding hydrogens is 712 g/mol. The SMILES string of the molecule is C=S1(=O)NC(=O)c2ccc3c(c2)N(C[C@@H]2CC[C@H]2[C@@](CC(=O)CC(C)(C)C(=O)OC)(OC)/C=C/C[C@H](C)[C@H]1C)C[C@@]1(CCCc2cc(Cl)ccc21)CO3. The third kappa shape index (κ3) is 7.78. The van der Waals surface area contributed by atoms with Gasteiger partial charge in [-0.15, -0.1) is 0 Å². The lowest BCUT2D eigenvalue weighted by Crippen LogP contribution is -2.54. The van der Waals surface area contributed by atoms with Gasteiger partial charge in [-0.05, 0) is 124 Å². The van der Waals surface area contributed by atoms with Crippen LogP contribution in [0.1, 0.15) is 94.1 Å². The van der Waals surface area contributed by atoms with Crippen LogP contribution in [0.25, 0.3) is 0 Å². The Bertz CT molecular complexity index is 1890. The number of rotatable bonds is 6. The topological polar surface area (TPSA) is 111 Å². The highest BCUT2D eigenvalue weighted by atomic mass is 35.5. The highest BCUT2D eigenvalue weighted by molar-refractivity contribution is 7.99. The predicted molar refractivity (Wildman–Crippen MR) is 211 cm³/mol. The van der Waals surface area contributed by atoms with Crippen LogP contribution in [-0.2, 0) is 40.6 Å². The van der Waals surface area contributed by atoms with Crippen molar-refractivity contribution in [3.8, 4) is 5.75 Å².